The lowest BCUT2D eigenvalue weighted by Crippen LogP contribution is -1.94. The number of fused-ring (bicyclic) bond motifs is 1. The van der Waals surface area contributed by atoms with Crippen LogP contribution in [0, 0.1) is 0 Å². The number of methoxy groups -OCH3 is 1. The molecule has 0 amide bonds. The first-order chi connectivity index (χ1) is 9.69. The number of H-pyrrole nitrogens is 1. The smallest absolute Gasteiger partial charge is 0.335 e. The van der Waals surface area contributed by atoms with Crippen LogP contribution >= 0.6 is 0 Å². The molecule has 4 nitrogen and oxygen atoms in total. The monoisotopic (exact) mass is 267 g/mol. The molecule has 2 aromatic carbocycles. The summed E-state index contributed by atoms with van der Waals surface area (Å²) in [5, 5.41) is 9.98. The number of rotatable bonds is 3. The molecule has 20 heavy (non-hydrogen) atoms. The zero-order valence-electron chi connectivity index (χ0n) is 10.9. The molecule has 3 aromatic rings. The second-order valence-corrected chi connectivity index (χ2v) is 4.50. The average molecular weight is 267 g/mol. The molecule has 0 atom stereocenters. The van der Waals surface area contributed by atoms with E-state index in [2.05, 4.69) is 4.98 Å². The van der Waals surface area contributed by atoms with Gasteiger partial charge >= 0.3 is 5.97 Å². The van der Waals surface area contributed by atoms with E-state index in [1.54, 1.807) is 25.3 Å². The van der Waals surface area contributed by atoms with E-state index in [1.807, 2.05) is 30.5 Å². The van der Waals surface area contributed by atoms with Gasteiger partial charge in [-0.15, -0.1) is 0 Å². The molecule has 3 rings (SSSR count). The van der Waals surface area contributed by atoms with Gasteiger partial charge in [0.2, 0.25) is 0 Å². The number of hydrogen-bond acceptors (Lipinski definition) is 2. The highest BCUT2D eigenvalue weighted by atomic mass is 16.5. The number of carboxylic acid groups (broad SMARTS) is 1. The number of aromatic nitrogens is 1. The summed E-state index contributed by atoms with van der Waals surface area (Å²) in [7, 11) is 1.62. The second kappa shape index (κ2) is 4.74. The lowest BCUT2D eigenvalue weighted by atomic mass is 10.0. The Morgan fingerprint density at radius 1 is 1.15 bits per heavy atom. The Balaban J connectivity index is 2.14. The normalized spacial score (nSPS) is 10.7. The van der Waals surface area contributed by atoms with Crippen LogP contribution < -0.4 is 4.74 Å². The molecule has 0 radical (unpaired) electrons. The molecule has 0 unspecified atom stereocenters. The van der Waals surface area contributed by atoms with Crippen LogP contribution in [0.1, 0.15) is 10.4 Å². The minimum atomic E-state index is -0.922. The number of nitrogens with one attached hydrogen (secondary N) is 1. The Kier molecular flexibility index (Phi) is 2.91. The van der Waals surface area contributed by atoms with Crippen LogP contribution in [0.5, 0.6) is 5.75 Å². The van der Waals surface area contributed by atoms with Crippen molar-refractivity contribution in [1.82, 2.24) is 4.98 Å². The molecule has 2 N–H and O–H groups in total. The zero-order valence-corrected chi connectivity index (χ0v) is 10.9. The van der Waals surface area contributed by atoms with E-state index in [9.17, 15) is 4.79 Å². The molecule has 100 valence electrons. The van der Waals surface area contributed by atoms with Crippen molar-refractivity contribution in [2.75, 3.05) is 7.11 Å². The number of carbonyl (C=O) groups is 1. The van der Waals surface area contributed by atoms with Gasteiger partial charge in [-0.05, 0) is 35.9 Å². The summed E-state index contributed by atoms with van der Waals surface area (Å²) in [6.07, 6.45) is 1.89. The van der Waals surface area contributed by atoms with Crippen molar-refractivity contribution in [3.63, 3.8) is 0 Å². The van der Waals surface area contributed by atoms with Crippen molar-refractivity contribution in [2.24, 2.45) is 0 Å². The van der Waals surface area contributed by atoms with Crippen molar-refractivity contribution in [1.29, 1.82) is 0 Å². The van der Waals surface area contributed by atoms with E-state index in [-0.39, 0.29) is 5.56 Å². The number of carboxylic acids is 1. The second-order valence-electron chi connectivity index (χ2n) is 4.50. The van der Waals surface area contributed by atoms with Gasteiger partial charge < -0.3 is 14.8 Å². The van der Waals surface area contributed by atoms with E-state index < -0.39 is 5.97 Å². The predicted octanol–water partition coefficient (Wildman–Crippen LogP) is 3.54. The van der Waals surface area contributed by atoms with Crippen molar-refractivity contribution in [2.45, 2.75) is 0 Å². The number of hydrogen-bond donors (Lipinski definition) is 2. The summed E-state index contributed by atoms with van der Waals surface area (Å²) in [6, 6.07) is 12.7. The maximum absolute atomic E-state index is 11.1. The molecule has 0 saturated carbocycles. The first kappa shape index (κ1) is 12.3. The molecular weight excluding hydrogens is 254 g/mol. The third-order valence-electron chi connectivity index (χ3n) is 3.33. The first-order valence-electron chi connectivity index (χ1n) is 6.18. The standard InChI is InChI=1S/C16H13NO3/c1-20-12-5-2-10(3-6-12)14-9-17-15-7-4-11(16(18)19)8-13(14)15/h2-9,17H,1H3,(H,18,19). The summed E-state index contributed by atoms with van der Waals surface area (Å²) in [5.41, 5.74) is 3.19. The highest BCUT2D eigenvalue weighted by Crippen LogP contribution is 2.30. The molecule has 0 aliphatic heterocycles. The summed E-state index contributed by atoms with van der Waals surface area (Å²) in [5.74, 6) is -0.131. The Labute approximate surface area is 115 Å². The van der Waals surface area contributed by atoms with Gasteiger partial charge in [-0.1, -0.05) is 12.1 Å². The number of aromatic amines is 1. The topological polar surface area (TPSA) is 62.3 Å². The quantitative estimate of drug-likeness (QED) is 0.763. The van der Waals surface area contributed by atoms with E-state index >= 15 is 0 Å². The fourth-order valence-electron chi connectivity index (χ4n) is 2.26. The van der Waals surface area contributed by atoms with E-state index in [1.165, 1.54) is 0 Å². The van der Waals surface area contributed by atoms with Crippen molar-refractivity contribution < 1.29 is 14.6 Å². The van der Waals surface area contributed by atoms with Crippen LogP contribution in [0.15, 0.2) is 48.7 Å². The van der Waals surface area contributed by atoms with Gasteiger partial charge in [0.25, 0.3) is 0 Å². The number of ether oxygens (including phenoxy) is 1. The van der Waals surface area contributed by atoms with Gasteiger partial charge in [-0.25, -0.2) is 4.79 Å². The molecule has 0 aliphatic rings. The van der Waals surface area contributed by atoms with Gasteiger partial charge in [-0.3, -0.25) is 0 Å². The molecule has 1 aromatic heterocycles. The number of benzene rings is 2. The maximum atomic E-state index is 11.1. The molecule has 0 saturated heterocycles. The molecule has 4 heteroatoms. The van der Waals surface area contributed by atoms with Crippen LogP contribution in [0.4, 0.5) is 0 Å². The van der Waals surface area contributed by atoms with Crippen molar-refractivity contribution >= 4 is 16.9 Å². The van der Waals surface area contributed by atoms with Gasteiger partial charge in [0.1, 0.15) is 5.75 Å². The third-order valence-corrected chi connectivity index (χ3v) is 3.33. The van der Waals surface area contributed by atoms with Crippen LogP contribution in [0.25, 0.3) is 22.0 Å². The zero-order chi connectivity index (χ0) is 14.1. The van der Waals surface area contributed by atoms with Crippen LogP contribution in [-0.2, 0) is 0 Å². The maximum Gasteiger partial charge on any atom is 0.335 e. The molecule has 0 bridgehead atoms. The van der Waals surface area contributed by atoms with Crippen LogP contribution in [0.2, 0.25) is 0 Å². The molecule has 0 aliphatic carbocycles. The van der Waals surface area contributed by atoms with Crippen molar-refractivity contribution in [3.05, 3.63) is 54.2 Å². The average Bonchev–Trinajstić information content (AvgIpc) is 2.90. The molecule has 0 spiro atoms. The van der Waals surface area contributed by atoms with E-state index in [0.29, 0.717) is 0 Å². The highest BCUT2D eigenvalue weighted by Gasteiger charge is 2.09. The Bertz CT molecular complexity index is 772. The Morgan fingerprint density at radius 3 is 2.55 bits per heavy atom. The minimum absolute atomic E-state index is 0.284. The van der Waals surface area contributed by atoms with Crippen molar-refractivity contribution in [3.8, 4) is 16.9 Å². The fourth-order valence-corrected chi connectivity index (χ4v) is 2.26. The van der Waals surface area contributed by atoms with E-state index in [0.717, 1.165) is 27.8 Å². The van der Waals surface area contributed by atoms with Crippen LogP contribution in [-0.4, -0.2) is 23.2 Å². The fraction of sp³-hybridized carbons (Fsp3) is 0.0625. The Hall–Kier alpha value is -2.75. The Morgan fingerprint density at radius 2 is 1.90 bits per heavy atom. The van der Waals surface area contributed by atoms with Gasteiger partial charge in [0, 0.05) is 22.7 Å². The van der Waals surface area contributed by atoms with Gasteiger partial charge in [-0.2, -0.15) is 0 Å². The summed E-state index contributed by atoms with van der Waals surface area (Å²) < 4.78 is 5.14. The molecule has 1 heterocycles. The van der Waals surface area contributed by atoms with E-state index in [4.69, 9.17) is 9.84 Å². The third kappa shape index (κ3) is 2.01. The van der Waals surface area contributed by atoms with Gasteiger partial charge in [0.05, 0.1) is 12.7 Å². The lowest BCUT2D eigenvalue weighted by Gasteiger charge is -2.03. The summed E-state index contributed by atoms with van der Waals surface area (Å²) >= 11 is 0. The highest BCUT2D eigenvalue weighted by molar-refractivity contribution is 6.00. The molecule has 0 fully saturated rings. The summed E-state index contributed by atoms with van der Waals surface area (Å²) in [6.45, 7) is 0. The lowest BCUT2D eigenvalue weighted by molar-refractivity contribution is 0.0697. The van der Waals surface area contributed by atoms with Crippen LogP contribution in [0.3, 0.4) is 0 Å². The number of aromatic carboxylic acids is 1. The predicted molar refractivity (Wildman–Crippen MR) is 77.2 cm³/mol. The largest absolute Gasteiger partial charge is 0.497 e. The molecular formula is C16H13NO3. The summed E-state index contributed by atoms with van der Waals surface area (Å²) in [4.78, 5) is 14.2. The van der Waals surface area contributed by atoms with Gasteiger partial charge in [0.15, 0.2) is 0 Å². The SMILES string of the molecule is COc1ccc(-c2c[nH]c3ccc(C(=O)O)cc23)cc1. The minimum Gasteiger partial charge on any atom is -0.497 e. The first-order valence-corrected chi connectivity index (χ1v) is 6.18.